The fraction of sp³-hybridized carbons (Fsp3) is 0.400. The van der Waals surface area contributed by atoms with Crippen LogP contribution in [0.5, 0.6) is 0 Å². The Morgan fingerprint density at radius 1 is 1.45 bits per heavy atom. The fourth-order valence-corrected chi connectivity index (χ4v) is 3.85. The largest absolute Gasteiger partial charge is 0.469 e. The quantitative estimate of drug-likeness (QED) is 0.824. The highest BCUT2D eigenvalue weighted by molar-refractivity contribution is 7.12. The highest BCUT2D eigenvalue weighted by Gasteiger charge is 2.17. The molecule has 20 heavy (non-hydrogen) atoms. The Morgan fingerprint density at radius 3 is 2.80 bits per heavy atom. The Balaban J connectivity index is 2.04. The average Bonchev–Trinajstić information content (AvgIpc) is 3.04. The smallest absolute Gasteiger partial charge is 0.307 e. The van der Waals surface area contributed by atoms with E-state index in [1.54, 1.807) is 11.3 Å². The van der Waals surface area contributed by atoms with Gasteiger partial charge in [0.05, 0.1) is 19.6 Å². The van der Waals surface area contributed by atoms with Crippen LogP contribution in [0.25, 0.3) is 0 Å². The van der Waals surface area contributed by atoms with E-state index in [2.05, 4.69) is 31.3 Å². The molecule has 0 fully saturated rings. The summed E-state index contributed by atoms with van der Waals surface area (Å²) in [6.07, 6.45) is 0.360. The minimum atomic E-state index is -0.186. The van der Waals surface area contributed by atoms with Gasteiger partial charge in [0, 0.05) is 21.2 Å². The van der Waals surface area contributed by atoms with Crippen molar-refractivity contribution in [2.75, 3.05) is 7.11 Å². The maximum absolute atomic E-state index is 11.5. The molecule has 0 aliphatic carbocycles. The summed E-state index contributed by atoms with van der Waals surface area (Å²) in [6.45, 7) is 5.03. The van der Waals surface area contributed by atoms with Gasteiger partial charge in [0.15, 0.2) is 0 Å². The molecule has 0 saturated carbocycles. The van der Waals surface area contributed by atoms with E-state index in [0.717, 1.165) is 6.54 Å². The number of carbonyl (C=O) groups excluding carboxylic acids is 1. The lowest BCUT2D eigenvalue weighted by Gasteiger charge is -2.16. The van der Waals surface area contributed by atoms with E-state index in [9.17, 15) is 4.79 Å². The molecule has 0 bridgehead atoms. The van der Waals surface area contributed by atoms with Crippen molar-refractivity contribution < 1.29 is 9.53 Å². The maximum atomic E-state index is 11.5. The molecule has 0 amide bonds. The van der Waals surface area contributed by atoms with Crippen LogP contribution in [0.3, 0.4) is 0 Å². The lowest BCUT2D eigenvalue weighted by Crippen LogP contribution is -2.23. The number of nitrogens with one attached hydrogen (secondary N) is 1. The van der Waals surface area contributed by atoms with Gasteiger partial charge in [-0.25, -0.2) is 0 Å². The Bertz CT molecular complexity index is 560. The van der Waals surface area contributed by atoms with Crippen molar-refractivity contribution in [3.8, 4) is 0 Å². The van der Waals surface area contributed by atoms with Crippen molar-refractivity contribution in [3.05, 3.63) is 43.8 Å². The van der Waals surface area contributed by atoms with Crippen LogP contribution in [0, 0.1) is 13.8 Å². The molecule has 2 rings (SSSR count). The Labute approximate surface area is 127 Å². The van der Waals surface area contributed by atoms with Gasteiger partial charge in [0.25, 0.3) is 0 Å². The van der Waals surface area contributed by atoms with E-state index < -0.39 is 0 Å². The summed E-state index contributed by atoms with van der Waals surface area (Å²) in [4.78, 5) is 15.4. The SMILES string of the molecule is COC(=O)CC(NCc1cc(C)sc1C)c1cccs1. The van der Waals surface area contributed by atoms with E-state index >= 15 is 0 Å². The monoisotopic (exact) mass is 309 g/mol. The van der Waals surface area contributed by atoms with Crippen LogP contribution in [0.15, 0.2) is 23.6 Å². The molecular weight excluding hydrogens is 290 g/mol. The molecule has 2 heterocycles. The molecule has 1 atom stereocenters. The number of rotatable bonds is 6. The maximum Gasteiger partial charge on any atom is 0.307 e. The average molecular weight is 309 g/mol. The first-order chi connectivity index (χ1) is 9.60. The molecule has 0 aliphatic heterocycles. The van der Waals surface area contributed by atoms with Crippen molar-refractivity contribution in [1.29, 1.82) is 0 Å². The third-order valence-electron chi connectivity index (χ3n) is 3.17. The van der Waals surface area contributed by atoms with Gasteiger partial charge >= 0.3 is 5.97 Å². The predicted octanol–water partition coefficient (Wildman–Crippen LogP) is 3.82. The second-order valence-electron chi connectivity index (χ2n) is 4.67. The summed E-state index contributed by atoms with van der Waals surface area (Å²) in [7, 11) is 1.43. The van der Waals surface area contributed by atoms with Crippen LogP contribution in [0.1, 0.15) is 32.7 Å². The van der Waals surface area contributed by atoms with Crippen LogP contribution in [0.2, 0.25) is 0 Å². The van der Waals surface area contributed by atoms with Gasteiger partial charge in [-0.2, -0.15) is 0 Å². The molecule has 2 aromatic rings. The zero-order valence-corrected chi connectivity index (χ0v) is 13.6. The molecule has 0 aliphatic rings. The molecule has 0 spiro atoms. The Kier molecular flexibility index (Phi) is 5.34. The first-order valence-corrected chi connectivity index (χ1v) is 8.19. The molecule has 2 aromatic heterocycles. The number of hydrogen-bond acceptors (Lipinski definition) is 5. The van der Waals surface area contributed by atoms with Crippen LogP contribution in [-0.2, 0) is 16.1 Å². The summed E-state index contributed by atoms with van der Waals surface area (Å²) in [5.74, 6) is -0.186. The zero-order valence-electron chi connectivity index (χ0n) is 11.9. The molecule has 0 aromatic carbocycles. The van der Waals surface area contributed by atoms with E-state index in [1.165, 1.54) is 27.3 Å². The minimum Gasteiger partial charge on any atom is -0.469 e. The van der Waals surface area contributed by atoms with Crippen LogP contribution < -0.4 is 5.32 Å². The minimum absolute atomic E-state index is 0.0158. The molecule has 1 N–H and O–H groups in total. The van der Waals surface area contributed by atoms with Crippen molar-refractivity contribution in [3.63, 3.8) is 0 Å². The normalized spacial score (nSPS) is 12.3. The van der Waals surface area contributed by atoms with Gasteiger partial charge in [-0.05, 0) is 36.9 Å². The van der Waals surface area contributed by atoms with Gasteiger partial charge < -0.3 is 10.1 Å². The number of ether oxygens (including phenoxy) is 1. The number of methoxy groups -OCH3 is 1. The number of esters is 1. The highest BCUT2D eigenvalue weighted by atomic mass is 32.1. The van der Waals surface area contributed by atoms with E-state index in [4.69, 9.17) is 4.74 Å². The second kappa shape index (κ2) is 7.02. The molecule has 0 saturated heterocycles. The van der Waals surface area contributed by atoms with Crippen molar-refractivity contribution in [2.45, 2.75) is 32.9 Å². The Hall–Kier alpha value is -1.17. The van der Waals surface area contributed by atoms with Gasteiger partial charge in [0.1, 0.15) is 0 Å². The standard InChI is InChI=1S/C15H19NO2S2/c1-10-7-12(11(2)20-10)9-16-13(8-15(17)18-3)14-5-4-6-19-14/h4-7,13,16H,8-9H2,1-3H3. The molecule has 0 radical (unpaired) electrons. The second-order valence-corrected chi connectivity index (χ2v) is 7.11. The molecule has 1 unspecified atom stereocenters. The number of hydrogen-bond donors (Lipinski definition) is 1. The van der Waals surface area contributed by atoms with E-state index in [-0.39, 0.29) is 12.0 Å². The third-order valence-corrected chi connectivity index (χ3v) is 5.16. The molecule has 3 nitrogen and oxygen atoms in total. The van der Waals surface area contributed by atoms with Gasteiger partial charge in [0.2, 0.25) is 0 Å². The molecule has 5 heteroatoms. The van der Waals surface area contributed by atoms with E-state index in [0.29, 0.717) is 6.42 Å². The summed E-state index contributed by atoms with van der Waals surface area (Å²) in [5, 5.41) is 5.50. The number of thiophene rings is 2. The first kappa shape index (κ1) is 15.2. The van der Waals surface area contributed by atoms with Crippen LogP contribution in [-0.4, -0.2) is 13.1 Å². The van der Waals surface area contributed by atoms with Crippen molar-refractivity contribution >= 4 is 28.6 Å². The van der Waals surface area contributed by atoms with Crippen LogP contribution >= 0.6 is 22.7 Å². The fourth-order valence-electron chi connectivity index (χ4n) is 2.11. The molecule has 108 valence electrons. The molecular formula is C15H19NO2S2. The van der Waals surface area contributed by atoms with Gasteiger partial charge in [-0.15, -0.1) is 22.7 Å². The first-order valence-electron chi connectivity index (χ1n) is 6.49. The summed E-state index contributed by atoms with van der Waals surface area (Å²) in [5.41, 5.74) is 1.30. The topological polar surface area (TPSA) is 38.3 Å². The third kappa shape index (κ3) is 3.91. The van der Waals surface area contributed by atoms with Gasteiger partial charge in [-0.1, -0.05) is 6.07 Å². The Morgan fingerprint density at radius 2 is 2.25 bits per heavy atom. The van der Waals surface area contributed by atoms with Crippen molar-refractivity contribution in [1.82, 2.24) is 5.32 Å². The van der Waals surface area contributed by atoms with E-state index in [1.807, 2.05) is 22.8 Å². The number of carbonyl (C=O) groups is 1. The summed E-state index contributed by atoms with van der Waals surface area (Å²) < 4.78 is 4.79. The summed E-state index contributed by atoms with van der Waals surface area (Å²) in [6, 6.07) is 6.28. The lowest BCUT2D eigenvalue weighted by atomic mass is 10.1. The van der Waals surface area contributed by atoms with Crippen molar-refractivity contribution in [2.24, 2.45) is 0 Å². The predicted molar refractivity (Wildman–Crippen MR) is 84.3 cm³/mol. The number of aryl methyl sites for hydroxylation is 2. The van der Waals surface area contributed by atoms with Gasteiger partial charge in [-0.3, -0.25) is 4.79 Å². The van der Waals surface area contributed by atoms with Crippen LogP contribution in [0.4, 0.5) is 0 Å². The zero-order chi connectivity index (χ0) is 14.5. The highest BCUT2D eigenvalue weighted by Crippen LogP contribution is 2.25. The summed E-state index contributed by atoms with van der Waals surface area (Å²) >= 11 is 3.47. The lowest BCUT2D eigenvalue weighted by molar-refractivity contribution is -0.141.